The molecule has 1 saturated heterocycles. The summed E-state index contributed by atoms with van der Waals surface area (Å²) < 4.78 is 16.6. The van der Waals surface area contributed by atoms with Gasteiger partial charge in [0.1, 0.15) is 13.2 Å². The Morgan fingerprint density at radius 2 is 1.56 bits per heavy atom. The summed E-state index contributed by atoms with van der Waals surface area (Å²) in [5, 5.41) is 10.7. The number of hydrogen-bond donors (Lipinski definition) is 1. The molecular weight excluding hydrogens is 234 g/mol. The van der Waals surface area contributed by atoms with Gasteiger partial charge in [-0.15, -0.1) is 0 Å². The number of para-hydroxylation sites is 2. The SMILES string of the molecule is OC1(N2CCOCC2)COc2ccccc2OC1. The Morgan fingerprint density at radius 3 is 2.11 bits per heavy atom. The number of hydrogen-bond acceptors (Lipinski definition) is 5. The van der Waals surface area contributed by atoms with Crippen molar-refractivity contribution in [3.8, 4) is 11.5 Å². The van der Waals surface area contributed by atoms with Crippen LogP contribution in [0.1, 0.15) is 0 Å². The van der Waals surface area contributed by atoms with Gasteiger partial charge in [0.05, 0.1) is 13.2 Å². The summed E-state index contributed by atoms with van der Waals surface area (Å²) in [5.41, 5.74) is -1.08. The number of rotatable bonds is 1. The van der Waals surface area contributed by atoms with Gasteiger partial charge in [-0.05, 0) is 12.1 Å². The van der Waals surface area contributed by atoms with Crippen LogP contribution in [0.15, 0.2) is 24.3 Å². The van der Waals surface area contributed by atoms with Crippen LogP contribution < -0.4 is 9.47 Å². The van der Waals surface area contributed by atoms with Gasteiger partial charge >= 0.3 is 0 Å². The van der Waals surface area contributed by atoms with Gasteiger partial charge in [-0.1, -0.05) is 12.1 Å². The normalized spacial score (nSPS) is 23.4. The zero-order chi connectivity index (χ0) is 12.4. The number of fused-ring (bicyclic) bond motifs is 1. The molecule has 0 bridgehead atoms. The zero-order valence-corrected chi connectivity index (χ0v) is 10.2. The highest BCUT2D eigenvalue weighted by Crippen LogP contribution is 2.31. The molecule has 5 nitrogen and oxygen atoms in total. The van der Waals surface area contributed by atoms with E-state index in [0.717, 1.165) is 0 Å². The summed E-state index contributed by atoms with van der Waals surface area (Å²) in [6, 6.07) is 7.48. The molecule has 0 saturated carbocycles. The quantitative estimate of drug-likeness (QED) is 0.786. The van der Waals surface area contributed by atoms with E-state index in [1.54, 1.807) is 0 Å². The molecule has 1 fully saturated rings. The molecule has 1 aromatic rings. The molecule has 5 heteroatoms. The lowest BCUT2D eigenvalue weighted by molar-refractivity contribution is -0.170. The van der Waals surface area contributed by atoms with Gasteiger partial charge in [0, 0.05) is 13.1 Å². The maximum Gasteiger partial charge on any atom is 0.187 e. The Kier molecular flexibility index (Phi) is 3.11. The van der Waals surface area contributed by atoms with Crippen LogP contribution in [0.25, 0.3) is 0 Å². The van der Waals surface area contributed by atoms with Crippen LogP contribution in [-0.4, -0.2) is 55.2 Å². The number of nitrogens with zero attached hydrogens (tertiary/aromatic N) is 1. The third-order valence-electron chi connectivity index (χ3n) is 3.37. The highest BCUT2D eigenvalue weighted by Gasteiger charge is 2.39. The molecule has 2 heterocycles. The number of morpholine rings is 1. The second kappa shape index (κ2) is 4.76. The lowest BCUT2D eigenvalue weighted by atomic mass is 10.2. The molecule has 1 aromatic carbocycles. The summed E-state index contributed by atoms with van der Waals surface area (Å²) in [6.45, 7) is 3.08. The molecule has 3 rings (SSSR count). The van der Waals surface area contributed by atoms with Gasteiger partial charge in [-0.2, -0.15) is 0 Å². The molecule has 0 spiro atoms. The van der Waals surface area contributed by atoms with Crippen molar-refractivity contribution >= 4 is 0 Å². The van der Waals surface area contributed by atoms with Crippen molar-refractivity contribution in [3.63, 3.8) is 0 Å². The highest BCUT2D eigenvalue weighted by molar-refractivity contribution is 5.40. The second-order valence-corrected chi connectivity index (χ2v) is 4.61. The zero-order valence-electron chi connectivity index (χ0n) is 10.2. The van der Waals surface area contributed by atoms with Crippen LogP contribution in [0, 0.1) is 0 Å². The second-order valence-electron chi connectivity index (χ2n) is 4.61. The van der Waals surface area contributed by atoms with E-state index in [-0.39, 0.29) is 13.2 Å². The molecule has 0 radical (unpaired) electrons. The first kappa shape index (κ1) is 11.8. The fourth-order valence-electron chi connectivity index (χ4n) is 2.28. The Labute approximate surface area is 106 Å². The van der Waals surface area contributed by atoms with E-state index < -0.39 is 5.72 Å². The van der Waals surface area contributed by atoms with E-state index in [9.17, 15) is 5.11 Å². The van der Waals surface area contributed by atoms with Gasteiger partial charge in [0.25, 0.3) is 0 Å². The maximum atomic E-state index is 10.7. The number of benzene rings is 1. The molecule has 0 aromatic heterocycles. The highest BCUT2D eigenvalue weighted by atomic mass is 16.6. The van der Waals surface area contributed by atoms with Gasteiger partial charge < -0.3 is 19.3 Å². The number of ether oxygens (including phenoxy) is 3. The molecule has 98 valence electrons. The van der Waals surface area contributed by atoms with Gasteiger partial charge in [-0.25, -0.2) is 0 Å². The lowest BCUT2D eigenvalue weighted by Gasteiger charge is -2.39. The lowest BCUT2D eigenvalue weighted by Crippen LogP contribution is -2.59. The Hall–Kier alpha value is -1.30. The van der Waals surface area contributed by atoms with Crippen LogP contribution in [0.4, 0.5) is 0 Å². The van der Waals surface area contributed by atoms with Crippen LogP contribution in [0.3, 0.4) is 0 Å². The number of aliphatic hydroxyl groups is 1. The third-order valence-corrected chi connectivity index (χ3v) is 3.37. The largest absolute Gasteiger partial charge is 0.485 e. The van der Waals surface area contributed by atoms with E-state index in [0.29, 0.717) is 37.8 Å². The van der Waals surface area contributed by atoms with Crippen LogP contribution in [0.2, 0.25) is 0 Å². The fraction of sp³-hybridized carbons (Fsp3) is 0.538. The Bertz CT molecular complexity index is 390. The third kappa shape index (κ3) is 2.16. The summed E-state index contributed by atoms with van der Waals surface area (Å²) in [4.78, 5) is 1.96. The molecule has 0 amide bonds. The predicted octanol–water partition coefficient (Wildman–Crippen LogP) is 0.479. The first-order valence-electron chi connectivity index (χ1n) is 6.18. The van der Waals surface area contributed by atoms with Crippen molar-refractivity contribution in [3.05, 3.63) is 24.3 Å². The predicted molar refractivity (Wildman–Crippen MR) is 64.8 cm³/mol. The monoisotopic (exact) mass is 251 g/mol. The molecule has 0 unspecified atom stereocenters. The van der Waals surface area contributed by atoms with Gasteiger partial charge in [0.2, 0.25) is 0 Å². The fourth-order valence-corrected chi connectivity index (χ4v) is 2.28. The topological polar surface area (TPSA) is 51.2 Å². The maximum absolute atomic E-state index is 10.7. The first-order chi connectivity index (χ1) is 8.78. The molecular formula is C13H17NO4. The van der Waals surface area contributed by atoms with E-state index in [2.05, 4.69) is 0 Å². The molecule has 2 aliphatic heterocycles. The molecule has 0 aliphatic carbocycles. The summed E-state index contributed by atoms with van der Waals surface area (Å²) in [6.07, 6.45) is 0. The van der Waals surface area contributed by atoms with Crippen molar-refractivity contribution in [1.82, 2.24) is 4.90 Å². The smallest absolute Gasteiger partial charge is 0.187 e. The average molecular weight is 251 g/mol. The van der Waals surface area contributed by atoms with Crippen LogP contribution in [0.5, 0.6) is 11.5 Å². The Balaban J connectivity index is 1.76. The van der Waals surface area contributed by atoms with Crippen molar-refractivity contribution in [2.45, 2.75) is 5.72 Å². The van der Waals surface area contributed by atoms with Crippen molar-refractivity contribution in [2.24, 2.45) is 0 Å². The van der Waals surface area contributed by atoms with Crippen molar-refractivity contribution in [1.29, 1.82) is 0 Å². The molecule has 18 heavy (non-hydrogen) atoms. The van der Waals surface area contributed by atoms with E-state index in [1.165, 1.54) is 0 Å². The van der Waals surface area contributed by atoms with Crippen molar-refractivity contribution < 1.29 is 19.3 Å². The van der Waals surface area contributed by atoms with Crippen LogP contribution >= 0.6 is 0 Å². The van der Waals surface area contributed by atoms with Gasteiger partial charge in [-0.3, -0.25) is 4.90 Å². The van der Waals surface area contributed by atoms with Crippen molar-refractivity contribution in [2.75, 3.05) is 39.5 Å². The molecule has 1 N–H and O–H groups in total. The molecule has 0 atom stereocenters. The summed E-state index contributed by atoms with van der Waals surface area (Å²) in [5.74, 6) is 1.36. The summed E-state index contributed by atoms with van der Waals surface area (Å²) in [7, 11) is 0. The summed E-state index contributed by atoms with van der Waals surface area (Å²) >= 11 is 0. The average Bonchev–Trinajstić information content (AvgIpc) is 2.61. The van der Waals surface area contributed by atoms with Crippen LogP contribution in [-0.2, 0) is 4.74 Å². The Morgan fingerprint density at radius 1 is 1.00 bits per heavy atom. The minimum atomic E-state index is -1.08. The standard InChI is InChI=1S/C13H17NO4/c15-13(14-5-7-16-8-6-14)9-17-11-3-1-2-4-12(11)18-10-13/h1-4,15H,5-10H2. The minimum absolute atomic E-state index is 0.212. The first-order valence-corrected chi connectivity index (χ1v) is 6.18. The van der Waals surface area contributed by atoms with E-state index >= 15 is 0 Å². The minimum Gasteiger partial charge on any atom is -0.485 e. The van der Waals surface area contributed by atoms with E-state index in [4.69, 9.17) is 14.2 Å². The van der Waals surface area contributed by atoms with E-state index in [1.807, 2.05) is 29.2 Å². The van der Waals surface area contributed by atoms with Gasteiger partial charge in [0.15, 0.2) is 17.2 Å². The molecule has 2 aliphatic rings.